The molecule has 0 atom stereocenters. The molecule has 0 bridgehead atoms. The zero-order valence-corrected chi connectivity index (χ0v) is 12.7. The summed E-state index contributed by atoms with van der Waals surface area (Å²) in [6.45, 7) is 2.25. The van der Waals surface area contributed by atoms with Gasteiger partial charge in [0.2, 0.25) is 5.91 Å². The van der Waals surface area contributed by atoms with Crippen molar-refractivity contribution in [1.82, 2.24) is 4.90 Å². The van der Waals surface area contributed by atoms with Crippen LogP contribution in [0.5, 0.6) is 0 Å². The normalized spacial score (nSPS) is 14.3. The third kappa shape index (κ3) is 5.37. The summed E-state index contributed by atoms with van der Waals surface area (Å²) in [6, 6.07) is 6.64. The number of anilines is 1. The fourth-order valence-corrected chi connectivity index (χ4v) is 2.26. The van der Waals surface area contributed by atoms with E-state index in [9.17, 15) is 19.5 Å². The number of hydrogen-bond acceptors (Lipinski definition) is 5. The quantitative estimate of drug-likeness (QED) is 0.797. The Labute approximate surface area is 134 Å². The van der Waals surface area contributed by atoms with Gasteiger partial charge in [0.05, 0.1) is 13.2 Å². The first kappa shape index (κ1) is 17.0. The van der Waals surface area contributed by atoms with E-state index < -0.39 is 5.97 Å². The lowest BCUT2D eigenvalue weighted by Crippen LogP contribution is -2.40. The van der Waals surface area contributed by atoms with Gasteiger partial charge in [-0.2, -0.15) is 0 Å². The molecule has 2 amide bonds. The number of benzene rings is 1. The van der Waals surface area contributed by atoms with Crippen LogP contribution >= 0.6 is 0 Å². The fourth-order valence-electron chi connectivity index (χ4n) is 2.26. The van der Waals surface area contributed by atoms with Gasteiger partial charge >= 0.3 is 0 Å². The summed E-state index contributed by atoms with van der Waals surface area (Å²) in [7, 11) is 0. The van der Waals surface area contributed by atoms with Crippen molar-refractivity contribution in [3.8, 4) is 0 Å². The molecule has 1 aliphatic heterocycles. The van der Waals surface area contributed by atoms with E-state index in [-0.39, 0.29) is 31.1 Å². The number of amides is 2. The van der Waals surface area contributed by atoms with E-state index in [1.807, 2.05) is 0 Å². The molecule has 0 unspecified atom stereocenters. The van der Waals surface area contributed by atoms with E-state index in [2.05, 4.69) is 5.32 Å². The monoisotopic (exact) mass is 319 g/mol. The molecule has 7 nitrogen and oxygen atoms in total. The van der Waals surface area contributed by atoms with E-state index in [1.54, 1.807) is 29.2 Å². The van der Waals surface area contributed by atoms with Crippen LogP contribution in [-0.2, 0) is 14.3 Å². The molecule has 1 aliphatic rings. The lowest BCUT2D eigenvalue weighted by Gasteiger charge is -2.26. The lowest BCUT2D eigenvalue weighted by atomic mass is 10.1. The largest absolute Gasteiger partial charge is 0.550 e. The number of carboxylic acids is 1. The molecule has 1 heterocycles. The summed E-state index contributed by atoms with van der Waals surface area (Å²) in [5.74, 6) is -1.48. The summed E-state index contributed by atoms with van der Waals surface area (Å²) in [5.41, 5.74) is 1.13. The molecule has 1 aromatic rings. The van der Waals surface area contributed by atoms with Crippen molar-refractivity contribution in [2.75, 3.05) is 31.6 Å². The second-order valence-corrected chi connectivity index (χ2v) is 5.26. The minimum absolute atomic E-state index is 0.0554. The first-order valence-corrected chi connectivity index (χ1v) is 7.53. The van der Waals surface area contributed by atoms with Crippen molar-refractivity contribution in [3.63, 3.8) is 0 Å². The first-order chi connectivity index (χ1) is 11.1. The summed E-state index contributed by atoms with van der Waals surface area (Å²) < 4.78 is 5.21. The molecule has 1 aromatic carbocycles. The predicted octanol–water partition coefficient (Wildman–Crippen LogP) is 0.0177. The van der Waals surface area contributed by atoms with Gasteiger partial charge in [-0.15, -0.1) is 0 Å². The van der Waals surface area contributed by atoms with E-state index in [0.29, 0.717) is 37.6 Å². The summed E-state index contributed by atoms with van der Waals surface area (Å²) >= 11 is 0. The van der Waals surface area contributed by atoms with Crippen LogP contribution in [0.25, 0.3) is 0 Å². The first-order valence-electron chi connectivity index (χ1n) is 7.53. The Kier molecular flexibility index (Phi) is 6.10. The van der Waals surface area contributed by atoms with Crippen molar-refractivity contribution >= 4 is 23.5 Å². The number of hydrogen-bond donors (Lipinski definition) is 1. The Morgan fingerprint density at radius 2 is 1.74 bits per heavy atom. The Morgan fingerprint density at radius 3 is 2.35 bits per heavy atom. The van der Waals surface area contributed by atoms with Gasteiger partial charge in [0.25, 0.3) is 5.91 Å². The Balaban J connectivity index is 1.85. The van der Waals surface area contributed by atoms with Crippen LogP contribution in [0.1, 0.15) is 29.6 Å². The van der Waals surface area contributed by atoms with Crippen LogP contribution in [0.2, 0.25) is 0 Å². The number of nitrogens with zero attached hydrogens (tertiary/aromatic N) is 1. The van der Waals surface area contributed by atoms with Crippen LogP contribution in [0, 0.1) is 0 Å². The zero-order valence-electron chi connectivity index (χ0n) is 12.7. The number of aliphatic carboxylic acids is 1. The molecule has 1 N–H and O–H groups in total. The Bertz CT molecular complexity index is 564. The predicted molar refractivity (Wildman–Crippen MR) is 80.7 cm³/mol. The van der Waals surface area contributed by atoms with Gasteiger partial charge < -0.3 is 24.9 Å². The minimum atomic E-state index is -1.16. The maximum absolute atomic E-state index is 12.3. The van der Waals surface area contributed by atoms with Crippen molar-refractivity contribution in [1.29, 1.82) is 0 Å². The number of carbonyl (C=O) groups is 3. The highest BCUT2D eigenvalue weighted by Crippen LogP contribution is 2.13. The zero-order chi connectivity index (χ0) is 16.7. The Morgan fingerprint density at radius 1 is 1.09 bits per heavy atom. The third-order valence-corrected chi connectivity index (χ3v) is 3.50. The lowest BCUT2D eigenvalue weighted by molar-refractivity contribution is -0.305. The highest BCUT2D eigenvalue weighted by atomic mass is 16.5. The van der Waals surface area contributed by atoms with Crippen LogP contribution in [-0.4, -0.2) is 49.0 Å². The van der Waals surface area contributed by atoms with Gasteiger partial charge in [-0.3, -0.25) is 9.59 Å². The molecule has 2 rings (SSSR count). The van der Waals surface area contributed by atoms with Crippen molar-refractivity contribution in [3.05, 3.63) is 29.8 Å². The molecule has 7 heteroatoms. The van der Waals surface area contributed by atoms with Crippen LogP contribution in [0.3, 0.4) is 0 Å². The highest BCUT2D eigenvalue weighted by molar-refractivity contribution is 5.95. The van der Waals surface area contributed by atoms with E-state index in [0.717, 1.165) is 0 Å². The van der Waals surface area contributed by atoms with Crippen molar-refractivity contribution in [2.24, 2.45) is 0 Å². The highest BCUT2D eigenvalue weighted by Gasteiger charge is 2.18. The van der Waals surface area contributed by atoms with Gasteiger partial charge in [0, 0.05) is 36.7 Å². The number of ether oxygens (including phenoxy) is 1. The van der Waals surface area contributed by atoms with Gasteiger partial charge in [-0.05, 0) is 37.1 Å². The molecule has 0 saturated carbocycles. The van der Waals surface area contributed by atoms with E-state index in [4.69, 9.17) is 4.74 Å². The third-order valence-electron chi connectivity index (χ3n) is 3.50. The summed E-state index contributed by atoms with van der Waals surface area (Å²) in [4.78, 5) is 35.9. The number of carbonyl (C=O) groups excluding carboxylic acids is 3. The van der Waals surface area contributed by atoms with Gasteiger partial charge in [-0.1, -0.05) is 0 Å². The van der Waals surface area contributed by atoms with Crippen LogP contribution < -0.4 is 10.4 Å². The molecule has 0 spiro atoms. The number of nitrogens with one attached hydrogen (secondary N) is 1. The molecule has 0 aromatic heterocycles. The molecular formula is C16H19N2O5-. The molecule has 1 fully saturated rings. The van der Waals surface area contributed by atoms with E-state index in [1.165, 1.54) is 0 Å². The topological polar surface area (TPSA) is 98.8 Å². The second kappa shape index (κ2) is 8.28. The van der Waals surface area contributed by atoms with Gasteiger partial charge in [0.15, 0.2) is 0 Å². The molecule has 0 radical (unpaired) electrons. The summed E-state index contributed by atoms with van der Waals surface area (Å²) in [5, 5.41) is 12.9. The smallest absolute Gasteiger partial charge is 0.254 e. The maximum Gasteiger partial charge on any atom is 0.254 e. The van der Waals surface area contributed by atoms with Gasteiger partial charge in [0.1, 0.15) is 0 Å². The maximum atomic E-state index is 12.3. The average molecular weight is 319 g/mol. The molecule has 124 valence electrons. The Hall–Kier alpha value is -2.41. The van der Waals surface area contributed by atoms with Crippen LogP contribution in [0.15, 0.2) is 24.3 Å². The summed E-state index contributed by atoms with van der Waals surface area (Å²) in [6.07, 6.45) is 0.213. The molecule has 1 saturated heterocycles. The van der Waals surface area contributed by atoms with E-state index >= 15 is 0 Å². The number of morpholine rings is 1. The molecular weight excluding hydrogens is 300 g/mol. The minimum Gasteiger partial charge on any atom is -0.550 e. The molecule has 23 heavy (non-hydrogen) atoms. The fraction of sp³-hybridized carbons (Fsp3) is 0.438. The van der Waals surface area contributed by atoms with Crippen molar-refractivity contribution in [2.45, 2.75) is 19.3 Å². The average Bonchev–Trinajstić information content (AvgIpc) is 2.55. The molecule has 0 aliphatic carbocycles. The van der Waals surface area contributed by atoms with Gasteiger partial charge in [-0.25, -0.2) is 0 Å². The number of carboxylic acid groups (broad SMARTS) is 1. The second-order valence-electron chi connectivity index (χ2n) is 5.26. The number of rotatable bonds is 6. The SMILES string of the molecule is O=C([O-])CCCC(=O)Nc1ccc(C(=O)N2CCOCC2)cc1. The van der Waals surface area contributed by atoms with Crippen molar-refractivity contribution < 1.29 is 24.2 Å². The van der Waals surface area contributed by atoms with Crippen LogP contribution in [0.4, 0.5) is 5.69 Å². The standard InChI is InChI=1S/C16H20N2O5/c19-14(2-1-3-15(20)21)17-13-6-4-12(5-7-13)16(22)18-8-10-23-11-9-18/h4-7H,1-3,8-11H2,(H,17,19)(H,20,21)/p-1.